The largest absolute Gasteiger partial charge is 0.462 e. The standard InChI is InChI=1S/C49H86O12S/c1-3-5-7-9-11-13-15-17-19-20-21-22-24-25-27-29-31-33-35-37-44(50)58-39-42(40-59-49-48(54)47(53)46(52)43(61-49)41-62(55,56)57)60-45(51)38-36-34-32-30-28-26-23-18-16-14-12-10-8-6-4-2/h6,8,12,14,18,23,28,30,42-43,46-49,52-54H,3-5,7,9-11,13,15-17,19-22,24-27,29,31-41H2,1-2H3,(H,55,56,57)/b8-6-,14-12-,23-18-,30-28-. The van der Waals surface area contributed by atoms with Gasteiger partial charge in [-0.2, -0.15) is 8.42 Å². The molecule has 1 fully saturated rings. The van der Waals surface area contributed by atoms with Crippen LogP contribution in [0.3, 0.4) is 0 Å². The first kappa shape index (κ1) is 57.6. The molecule has 0 aromatic carbocycles. The number of aliphatic hydroxyl groups is 3. The molecule has 0 aromatic heterocycles. The van der Waals surface area contributed by atoms with Crippen molar-refractivity contribution in [2.24, 2.45) is 0 Å². The van der Waals surface area contributed by atoms with Crippen LogP contribution in [0, 0.1) is 0 Å². The van der Waals surface area contributed by atoms with Crippen LogP contribution < -0.4 is 0 Å². The summed E-state index contributed by atoms with van der Waals surface area (Å²) in [6.07, 6.45) is 37.3. The predicted molar refractivity (Wildman–Crippen MR) is 247 cm³/mol. The SMILES string of the molecule is CC/C=C\C/C=C\C/C=C\C/C=C\CCCCC(=O)OC(COC(=O)CCCCCCCCCCCCCCCCCCCCC)COC1OC(CS(=O)(=O)O)C(O)C(O)C1O. The molecule has 1 heterocycles. The Morgan fingerprint density at radius 1 is 0.565 bits per heavy atom. The molecule has 0 bridgehead atoms. The molecule has 6 unspecified atom stereocenters. The van der Waals surface area contributed by atoms with Crippen LogP contribution in [0.1, 0.15) is 194 Å². The first-order chi connectivity index (χ1) is 30.0. The Morgan fingerprint density at radius 2 is 1.02 bits per heavy atom. The van der Waals surface area contributed by atoms with Crippen LogP contribution in [0.4, 0.5) is 0 Å². The topological polar surface area (TPSA) is 186 Å². The van der Waals surface area contributed by atoms with Crippen LogP contribution in [0.15, 0.2) is 48.6 Å². The zero-order valence-corrected chi connectivity index (χ0v) is 39.3. The molecule has 62 heavy (non-hydrogen) atoms. The van der Waals surface area contributed by atoms with Gasteiger partial charge in [-0.25, -0.2) is 0 Å². The lowest BCUT2D eigenvalue weighted by Crippen LogP contribution is -2.60. The molecule has 0 amide bonds. The van der Waals surface area contributed by atoms with Crippen LogP contribution >= 0.6 is 0 Å². The Balaban J connectivity index is 2.41. The summed E-state index contributed by atoms with van der Waals surface area (Å²) < 4.78 is 54.1. The van der Waals surface area contributed by atoms with E-state index in [-0.39, 0.29) is 19.4 Å². The number of ether oxygens (including phenoxy) is 4. The van der Waals surface area contributed by atoms with Crippen LogP contribution in [0.2, 0.25) is 0 Å². The summed E-state index contributed by atoms with van der Waals surface area (Å²) in [7, 11) is -4.61. The average Bonchev–Trinajstić information content (AvgIpc) is 3.24. The molecule has 1 saturated heterocycles. The summed E-state index contributed by atoms with van der Waals surface area (Å²) in [5.41, 5.74) is 0. The summed E-state index contributed by atoms with van der Waals surface area (Å²) in [5, 5.41) is 30.9. The van der Waals surface area contributed by atoms with Crippen molar-refractivity contribution in [3.63, 3.8) is 0 Å². The molecule has 4 N–H and O–H groups in total. The zero-order chi connectivity index (χ0) is 45.5. The van der Waals surface area contributed by atoms with E-state index >= 15 is 0 Å². The van der Waals surface area contributed by atoms with E-state index in [0.717, 1.165) is 57.8 Å². The Kier molecular flexibility index (Phi) is 36.3. The van der Waals surface area contributed by atoms with Crippen molar-refractivity contribution in [1.82, 2.24) is 0 Å². The first-order valence-electron chi connectivity index (χ1n) is 24.2. The number of rotatable bonds is 40. The molecular weight excluding hydrogens is 813 g/mol. The van der Waals surface area contributed by atoms with E-state index < -0.39 is 71.2 Å². The quantitative estimate of drug-likeness (QED) is 0.0198. The predicted octanol–water partition coefficient (Wildman–Crippen LogP) is 10.3. The highest BCUT2D eigenvalue weighted by atomic mass is 32.2. The van der Waals surface area contributed by atoms with Gasteiger partial charge in [0.25, 0.3) is 10.1 Å². The lowest BCUT2D eigenvalue weighted by molar-refractivity contribution is -0.297. The molecule has 1 aliphatic rings. The number of esters is 2. The normalized spacial score (nSPS) is 20.3. The van der Waals surface area contributed by atoms with Crippen LogP contribution in [0.5, 0.6) is 0 Å². The second kappa shape index (κ2) is 39.0. The molecule has 6 atom stereocenters. The Hall–Kier alpha value is -2.39. The molecule has 0 aromatic rings. The van der Waals surface area contributed by atoms with Gasteiger partial charge in [0.2, 0.25) is 0 Å². The first-order valence-corrected chi connectivity index (χ1v) is 25.8. The van der Waals surface area contributed by atoms with E-state index in [2.05, 4.69) is 62.5 Å². The van der Waals surface area contributed by atoms with Gasteiger partial charge in [0.15, 0.2) is 12.4 Å². The fourth-order valence-corrected chi connectivity index (χ4v) is 7.89. The van der Waals surface area contributed by atoms with E-state index in [9.17, 15) is 37.9 Å². The minimum Gasteiger partial charge on any atom is -0.462 e. The van der Waals surface area contributed by atoms with Gasteiger partial charge in [0.1, 0.15) is 36.8 Å². The number of unbranched alkanes of at least 4 members (excludes halogenated alkanes) is 20. The molecular formula is C49H86O12S. The van der Waals surface area contributed by atoms with E-state index in [1.807, 2.05) is 0 Å². The number of carbonyl (C=O) groups excluding carboxylic acids is 2. The highest BCUT2D eigenvalue weighted by Gasteiger charge is 2.46. The van der Waals surface area contributed by atoms with Gasteiger partial charge in [-0.15, -0.1) is 0 Å². The van der Waals surface area contributed by atoms with Crippen molar-refractivity contribution in [2.75, 3.05) is 19.0 Å². The van der Waals surface area contributed by atoms with Crippen molar-refractivity contribution in [1.29, 1.82) is 0 Å². The molecule has 360 valence electrons. The lowest BCUT2D eigenvalue weighted by atomic mass is 10.00. The fourth-order valence-electron chi connectivity index (χ4n) is 7.20. The average molecular weight is 899 g/mol. The third kappa shape index (κ3) is 33.2. The van der Waals surface area contributed by atoms with Gasteiger partial charge in [-0.1, -0.05) is 178 Å². The fraction of sp³-hybridized carbons (Fsp3) is 0.796. The second-order valence-electron chi connectivity index (χ2n) is 16.8. The third-order valence-corrected chi connectivity index (χ3v) is 11.7. The van der Waals surface area contributed by atoms with E-state index in [1.165, 1.54) is 96.3 Å². The number of hydrogen-bond donors (Lipinski definition) is 4. The minimum absolute atomic E-state index is 0.112. The van der Waals surface area contributed by atoms with Crippen molar-refractivity contribution >= 4 is 22.1 Å². The highest BCUT2D eigenvalue weighted by Crippen LogP contribution is 2.24. The van der Waals surface area contributed by atoms with Crippen molar-refractivity contribution < 1.29 is 56.8 Å². The zero-order valence-electron chi connectivity index (χ0n) is 38.5. The van der Waals surface area contributed by atoms with Gasteiger partial charge in [0.05, 0.1) is 6.61 Å². The van der Waals surface area contributed by atoms with Gasteiger partial charge >= 0.3 is 11.9 Å². The second-order valence-corrected chi connectivity index (χ2v) is 18.2. The number of carbonyl (C=O) groups is 2. The van der Waals surface area contributed by atoms with Crippen LogP contribution in [-0.2, 0) is 38.7 Å². The van der Waals surface area contributed by atoms with Crippen molar-refractivity contribution in [3.8, 4) is 0 Å². The third-order valence-electron chi connectivity index (χ3n) is 10.9. The number of allylic oxidation sites excluding steroid dienone is 8. The van der Waals surface area contributed by atoms with Gasteiger partial charge < -0.3 is 34.3 Å². The number of aliphatic hydroxyl groups excluding tert-OH is 3. The van der Waals surface area contributed by atoms with Crippen molar-refractivity contribution in [2.45, 2.75) is 230 Å². The van der Waals surface area contributed by atoms with Gasteiger partial charge in [0, 0.05) is 12.8 Å². The monoisotopic (exact) mass is 899 g/mol. The lowest BCUT2D eigenvalue weighted by Gasteiger charge is -2.40. The molecule has 0 radical (unpaired) electrons. The van der Waals surface area contributed by atoms with E-state index in [1.54, 1.807) is 0 Å². The molecule has 0 saturated carbocycles. The maximum atomic E-state index is 12.8. The maximum Gasteiger partial charge on any atom is 0.306 e. The molecule has 13 heteroatoms. The highest BCUT2D eigenvalue weighted by molar-refractivity contribution is 7.85. The van der Waals surface area contributed by atoms with E-state index in [4.69, 9.17) is 18.9 Å². The summed E-state index contributed by atoms with van der Waals surface area (Å²) in [6, 6.07) is 0. The van der Waals surface area contributed by atoms with Gasteiger partial charge in [-0.05, 0) is 51.4 Å². The summed E-state index contributed by atoms with van der Waals surface area (Å²) in [5.74, 6) is -2.03. The van der Waals surface area contributed by atoms with Crippen molar-refractivity contribution in [3.05, 3.63) is 48.6 Å². The molecule has 0 spiro atoms. The van der Waals surface area contributed by atoms with Crippen LogP contribution in [0.25, 0.3) is 0 Å². The maximum absolute atomic E-state index is 12.8. The summed E-state index contributed by atoms with van der Waals surface area (Å²) >= 11 is 0. The minimum atomic E-state index is -4.61. The molecule has 0 aliphatic carbocycles. The molecule has 1 aliphatic heterocycles. The number of hydrogen-bond acceptors (Lipinski definition) is 11. The van der Waals surface area contributed by atoms with E-state index in [0.29, 0.717) is 12.8 Å². The molecule has 12 nitrogen and oxygen atoms in total. The van der Waals surface area contributed by atoms with Crippen LogP contribution in [-0.4, -0.2) is 96.0 Å². The van der Waals surface area contributed by atoms with Gasteiger partial charge in [-0.3, -0.25) is 14.1 Å². The Labute approximate surface area is 375 Å². The smallest absolute Gasteiger partial charge is 0.306 e. The summed E-state index contributed by atoms with van der Waals surface area (Å²) in [6.45, 7) is 3.63. The summed E-state index contributed by atoms with van der Waals surface area (Å²) in [4.78, 5) is 25.4. The Morgan fingerprint density at radius 3 is 1.52 bits per heavy atom. The molecule has 1 rings (SSSR count). The Bertz CT molecular complexity index is 1330.